The van der Waals surface area contributed by atoms with Crippen molar-refractivity contribution in [2.24, 2.45) is 33.5 Å². The molecule has 0 saturated heterocycles. The lowest BCUT2D eigenvalue weighted by Gasteiger charge is -1.82. The zero-order valence-corrected chi connectivity index (χ0v) is 12.2. The van der Waals surface area contributed by atoms with Crippen LogP contribution in [0.1, 0.15) is 56.8 Å². The van der Waals surface area contributed by atoms with Crippen molar-refractivity contribution in [3.8, 4) is 0 Å². The monoisotopic (exact) mass is 314 g/mol. The average molecular weight is 315 g/mol. The smallest absolute Gasteiger partial charge is 0.0567 e. The second-order valence-electron chi connectivity index (χ2n) is 7.73. The van der Waals surface area contributed by atoms with E-state index >= 15 is 0 Å². The molecule has 6 aliphatic rings. The first-order chi connectivity index (χ1) is 10.1. The van der Waals surface area contributed by atoms with E-state index in [0.717, 1.165) is 25.7 Å². The lowest BCUT2D eigenvalue weighted by atomic mass is 10.3. The third-order valence-electron chi connectivity index (χ3n) is 7.42. The average Bonchev–Trinajstić information content (AvgIpc) is 3.16. The van der Waals surface area contributed by atoms with E-state index in [2.05, 4.69) is 15.9 Å². The van der Waals surface area contributed by atoms with Gasteiger partial charge < -0.3 is 5.11 Å². The van der Waals surface area contributed by atoms with Crippen LogP contribution >= 0.6 is 15.9 Å². The Kier molecular flexibility index (Phi) is 1.28. The van der Waals surface area contributed by atoms with Crippen LogP contribution in [0.2, 0.25) is 0 Å². The van der Waals surface area contributed by atoms with Crippen molar-refractivity contribution in [3.63, 3.8) is 0 Å². The number of hydrogen-bond donors (Lipinski definition) is 1. The number of fused-ring (bicyclic) bond motifs is 2. The summed E-state index contributed by atoms with van der Waals surface area (Å²) in [5.74, 6) is 0.338. The first kappa shape index (κ1) is 8.02. The van der Waals surface area contributed by atoms with E-state index in [0.29, 0.717) is 16.7 Å². The molecule has 0 radical (unpaired) electrons. The molecule has 18 heavy (non-hydrogen) atoms. The second-order valence-corrected chi connectivity index (χ2v) is 8.19. The van der Waals surface area contributed by atoms with Crippen molar-refractivity contribution in [1.82, 2.24) is 0 Å². The van der Waals surface area contributed by atoms with Gasteiger partial charge in [0.2, 0.25) is 0 Å². The van der Waals surface area contributed by atoms with Crippen LogP contribution in [0.5, 0.6) is 0 Å². The lowest BCUT2D eigenvalue weighted by molar-refractivity contribution is 0.261. The minimum absolute atomic E-state index is 0.0116. The highest BCUT2D eigenvalue weighted by molar-refractivity contribution is 9.09. The van der Waals surface area contributed by atoms with Gasteiger partial charge in [-0.3, -0.25) is 0 Å². The summed E-state index contributed by atoms with van der Waals surface area (Å²) in [6, 6.07) is 0. The largest absolute Gasteiger partial charge is 0.396 e. The number of halogens is 1. The molecule has 2 heteroatoms. The predicted molar refractivity (Wildman–Crippen MR) is 74.5 cm³/mol. The van der Waals surface area contributed by atoms with Crippen molar-refractivity contribution in [1.29, 1.82) is 0 Å². The standard InChI is InChI=1S/C8H11Br.C8H12O/c2*9-5-6-7(1-2-7)8(6)3-4-8/h6H,1-5H2;6,9H,1-5H2/i2*5D2. The Morgan fingerprint density at radius 2 is 1.17 bits per heavy atom. The lowest BCUT2D eigenvalue weighted by Crippen LogP contribution is -1.87. The van der Waals surface area contributed by atoms with Gasteiger partial charge in [-0.25, -0.2) is 0 Å². The predicted octanol–water partition coefficient (Wildman–Crippen LogP) is 3.74. The van der Waals surface area contributed by atoms with Gasteiger partial charge >= 0.3 is 0 Å². The molecule has 6 saturated carbocycles. The van der Waals surface area contributed by atoms with Gasteiger partial charge in [0.05, 0.1) is 2.74 Å². The van der Waals surface area contributed by atoms with E-state index in [4.69, 9.17) is 5.48 Å². The molecule has 4 spiro atoms. The first-order valence-corrected chi connectivity index (χ1v) is 8.27. The summed E-state index contributed by atoms with van der Waals surface area (Å²) >= 11 is 3.17. The summed E-state index contributed by atoms with van der Waals surface area (Å²) < 4.78 is 29.8. The van der Waals surface area contributed by atoms with Gasteiger partial charge in [-0.2, -0.15) is 0 Å². The van der Waals surface area contributed by atoms with Crippen LogP contribution in [0, 0.1) is 33.5 Å². The highest BCUT2D eigenvalue weighted by Crippen LogP contribution is 2.93. The SMILES string of the molecule is [2H]C([2H])(Br)C1C2(CC2)C12CC2.[2H]C([2H])(O)C1C2(CC2)C12CC2. The van der Waals surface area contributed by atoms with Crippen molar-refractivity contribution >= 4 is 15.9 Å². The fraction of sp³-hybridized carbons (Fsp3) is 1.00. The molecule has 0 aromatic rings. The fourth-order valence-corrected chi connectivity index (χ4v) is 6.49. The van der Waals surface area contributed by atoms with Gasteiger partial charge in [-0.1, -0.05) is 15.9 Å². The molecule has 0 aromatic heterocycles. The summed E-state index contributed by atoms with van der Waals surface area (Å²) in [6.07, 6.45) is 9.84. The maximum absolute atomic E-state index is 9.24. The molecule has 1 N–H and O–H groups in total. The Labute approximate surface area is 123 Å². The highest BCUT2D eigenvalue weighted by Gasteiger charge is 2.86. The number of aliphatic hydroxyl groups is 1. The molecule has 0 aromatic carbocycles. The summed E-state index contributed by atoms with van der Waals surface area (Å²) in [5.41, 5.74) is 1.54. The zero-order valence-electron chi connectivity index (χ0n) is 14.6. The van der Waals surface area contributed by atoms with Gasteiger partial charge in [-0.05, 0) is 84.9 Å². The van der Waals surface area contributed by atoms with Crippen molar-refractivity contribution < 1.29 is 10.6 Å². The van der Waals surface area contributed by atoms with Gasteiger partial charge in [0.1, 0.15) is 0 Å². The quantitative estimate of drug-likeness (QED) is 0.770. The Bertz CT molecular complexity index is 461. The molecule has 0 heterocycles. The molecular formula is C16H23BrO. The molecule has 0 unspecified atom stereocenters. The van der Waals surface area contributed by atoms with Crippen LogP contribution in [-0.4, -0.2) is 16.9 Å². The molecule has 1 nitrogen and oxygen atoms in total. The third-order valence-corrected chi connectivity index (χ3v) is 7.88. The maximum atomic E-state index is 9.24. The topological polar surface area (TPSA) is 20.2 Å². The van der Waals surface area contributed by atoms with Crippen molar-refractivity contribution in [2.75, 3.05) is 11.8 Å². The van der Waals surface area contributed by atoms with Gasteiger partial charge in [0.15, 0.2) is 0 Å². The van der Waals surface area contributed by atoms with Gasteiger partial charge in [-0.15, -0.1) is 0 Å². The van der Waals surface area contributed by atoms with Crippen molar-refractivity contribution in [2.45, 2.75) is 51.4 Å². The molecule has 0 atom stereocenters. The highest BCUT2D eigenvalue weighted by atomic mass is 79.9. The molecule has 6 rings (SSSR count). The van der Waals surface area contributed by atoms with Gasteiger partial charge in [0.25, 0.3) is 0 Å². The summed E-state index contributed by atoms with van der Waals surface area (Å²) in [5, 5.41) is 8.16. The molecule has 0 bridgehead atoms. The normalized spacial score (nSPS) is 50.6. The van der Waals surface area contributed by atoms with Crippen LogP contribution in [0.15, 0.2) is 0 Å². The molecule has 0 amide bonds. The Hall–Kier alpha value is 0.440. The molecule has 0 aliphatic heterocycles. The van der Waals surface area contributed by atoms with E-state index in [9.17, 15) is 5.11 Å². The Morgan fingerprint density at radius 3 is 1.28 bits per heavy atom. The van der Waals surface area contributed by atoms with Crippen LogP contribution < -0.4 is 0 Å². The maximum Gasteiger partial charge on any atom is 0.0567 e. The molecule has 6 fully saturated rings. The number of alkyl halides is 1. The molecule has 6 aliphatic carbocycles. The third kappa shape index (κ3) is 1.01. The van der Waals surface area contributed by atoms with Crippen LogP contribution in [0.3, 0.4) is 0 Å². The van der Waals surface area contributed by atoms with E-state index in [-0.39, 0.29) is 16.7 Å². The van der Waals surface area contributed by atoms with E-state index in [1.165, 1.54) is 25.7 Å². The minimum atomic E-state index is -1.90. The fourth-order valence-electron chi connectivity index (χ4n) is 5.62. The van der Waals surface area contributed by atoms with Crippen LogP contribution in [0.25, 0.3) is 0 Å². The molecular weight excluding hydrogens is 288 g/mol. The van der Waals surface area contributed by atoms with Gasteiger partial charge in [0, 0.05) is 14.6 Å². The summed E-state index contributed by atoms with van der Waals surface area (Å²) in [6.45, 7) is -1.90. The van der Waals surface area contributed by atoms with E-state index in [1.807, 2.05) is 0 Å². The summed E-state index contributed by atoms with van der Waals surface area (Å²) in [4.78, 5) is 0. The molecule has 100 valence electrons. The second kappa shape index (κ2) is 2.88. The zero-order chi connectivity index (χ0) is 15.8. The number of hydrogen-bond acceptors (Lipinski definition) is 1. The Balaban J connectivity index is 0.000000102. The Morgan fingerprint density at radius 1 is 0.833 bits per heavy atom. The van der Waals surface area contributed by atoms with Crippen LogP contribution in [-0.2, 0) is 0 Å². The van der Waals surface area contributed by atoms with Crippen LogP contribution in [0.4, 0.5) is 0 Å². The van der Waals surface area contributed by atoms with E-state index < -0.39 is 11.8 Å². The summed E-state index contributed by atoms with van der Waals surface area (Å²) in [7, 11) is 0. The minimum Gasteiger partial charge on any atom is -0.396 e. The first-order valence-electron chi connectivity index (χ1n) is 9.47. The van der Waals surface area contributed by atoms with E-state index in [1.54, 1.807) is 0 Å². The van der Waals surface area contributed by atoms with Crippen molar-refractivity contribution in [3.05, 3.63) is 0 Å². The number of rotatable bonds is 2.